The van der Waals surface area contributed by atoms with Gasteiger partial charge in [-0.1, -0.05) is 44.2 Å². The van der Waals surface area contributed by atoms with Gasteiger partial charge in [0.15, 0.2) is 6.61 Å². The van der Waals surface area contributed by atoms with Crippen molar-refractivity contribution >= 4 is 29.4 Å². The highest BCUT2D eigenvalue weighted by molar-refractivity contribution is 6.02. The number of anilines is 1. The fourth-order valence-electron chi connectivity index (χ4n) is 2.60. The number of nitrogens with one attached hydrogen (secondary N) is 2. The van der Waals surface area contributed by atoms with Gasteiger partial charge in [0.05, 0.1) is 18.4 Å². The fourth-order valence-corrected chi connectivity index (χ4v) is 2.60. The number of amides is 2. The highest BCUT2D eigenvalue weighted by Gasteiger charge is 2.27. The van der Waals surface area contributed by atoms with Crippen LogP contribution in [0.2, 0.25) is 0 Å². The number of hydrogen-bond acceptors (Lipinski definition) is 6. The summed E-state index contributed by atoms with van der Waals surface area (Å²) in [6, 6.07) is 13.9. The minimum atomic E-state index is -0.923. The first-order valence-electron chi connectivity index (χ1n) is 9.33. The molecule has 0 radical (unpaired) electrons. The zero-order chi connectivity index (χ0) is 22.1. The number of hydrogen-bond donors (Lipinski definition) is 2. The fraction of sp³-hybridized carbons (Fsp3) is 0.273. The van der Waals surface area contributed by atoms with Crippen molar-refractivity contribution in [1.29, 1.82) is 0 Å². The lowest BCUT2D eigenvalue weighted by Gasteiger charge is -2.21. The summed E-state index contributed by atoms with van der Waals surface area (Å²) in [6.07, 6.45) is 0. The molecule has 2 amide bonds. The van der Waals surface area contributed by atoms with Gasteiger partial charge in [0.2, 0.25) is 0 Å². The molecule has 0 aromatic heterocycles. The molecule has 2 rings (SSSR count). The Hall–Kier alpha value is -3.68. The normalized spacial score (nSPS) is 11.3. The Morgan fingerprint density at radius 3 is 2.20 bits per heavy atom. The van der Waals surface area contributed by atoms with E-state index in [1.165, 1.54) is 19.2 Å². The van der Waals surface area contributed by atoms with E-state index < -0.39 is 36.4 Å². The van der Waals surface area contributed by atoms with E-state index in [-0.39, 0.29) is 17.2 Å². The van der Waals surface area contributed by atoms with Gasteiger partial charge in [-0.3, -0.25) is 9.59 Å². The molecule has 2 aromatic rings. The van der Waals surface area contributed by atoms with Gasteiger partial charge in [0, 0.05) is 5.56 Å². The molecule has 30 heavy (non-hydrogen) atoms. The number of para-hydroxylation sites is 1. The van der Waals surface area contributed by atoms with Crippen LogP contribution in [0.3, 0.4) is 0 Å². The minimum absolute atomic E-state index is 0.176. The molecule has 0 saturated heterocycles. The van der Waals surface area contributed by atoms with Crippen LogP contribution >= 0.6 is 0 Å². The van der Waals surface area contributed by atoms with Crippen LogP contribution in [0.1, 0.15) is 34.6 Å². The zero-order valence-electron chi connectivity index (χ0n) is 17.0. The topological polar surface area (TPSA) is 111 Å². The lowest BCUT2D eigenvalue weighted by atomic mass is 10.0. The van der Waals surface area contributed by atoms with E-state index in [1.807, 2.05) is 0 Å². The van der Waals surface area contributed by atoms with Gasteiger partial charge in [0.1, 0.15) is 6.04 Å². The van der Waals surface area contributed by atoms with Crippen molar-refractivity contribution in [1.82, 2.24) is 5.32 Å². The van der Waals surface area contributed by atoms with Gasteiger partial charge in [-0.15, -0.1) is 0 Å². The quantitative estimate of drug-likeness (QED) is 0.644. The second-order valence-corrected chi connectivity index (χ2v) is 6.75. The third-order valence-electron chi connectivity index (χ3n) is 4.20. The van der Waals surface area contributed by atoms with E-state index in [0.717, 1.165) is 0 Å². The van der Waals surface area contributed by atoms with E-state index in [9.17, 15) is 19.2 Å². The summed E-state index contributed by atoms with van der Waals surface area (Å²) >= 11 is 0. The third-order valence-corrected chi connectivity index (χ3v) is 4.20. The molecule has 2 aromatic carbocycles. The molecule has 0 aliphatic carbocycles. The van der Waals surface area contributed by atoms with Gasteiger partial charge in [-0.25, -0.2) is 9.59 Å². The van der Waals surface area contributed by atoms with Crippen LogP contribution in [0.15, 0.2) is 54.6 Å². The van der Waals surface area contributed by atoms with E-state index in [2.05, 4.69) is 15.4 Å². The molecule has 0 bridgehead atoms. The predicted octanol–water partition coefficient (Wildman–Crippen LogP) is 2.41. The van der Waals surface area contributed by atoms with Crippen LogP contribution in [0.4, 0.5) is 5.69 Å². The Bertz CT molecular complexity index is 911. The molecule has 8 nitrogen and oxygen atoms in total. The van der Waals surface area contributed by atoms with Gasteiger partial charge in [0.25, 0.3) is 11.8 Å². The summed E-state index contributed by atoms with van der Waals surface area (Å²) in [5, 5.41) is 5.14. The summed E-state index contributed by atoms with van der Waals surface area (Å²) in [7, 11) is 1.23. The van der Waals surface area contributed by atoms with Crippen molar-refractivity contribution in [3.63, 3.8) is 0 Å². The number of carbonyl (C=O) groups excluding carboxylic acids is 4. The van der Waals surface area contributed by atoms with Crippen LogP contribution in [-0.4, -0.2) is 43.5 Å². The van der Waals surface area contributed by atoms with Crippen molar-refractivity contribution < 1.29 is 28.7 Å². The number of carbonyl (C=O) groups is 4. The van der Waals surface area contributed by atoms with E-state index in [1.54, 1.807) is 56.3 Å². The Kier molecular flexibility index (Phi) is 8.10. The molecule has 1 atom stereocenters. The monoisotopic (exact) mass is 412 g/mol. The Morgan fingerprint density at radius 1 is 0.933 bits per heavy atom. The van der Waals surface area contributed by atoms with Crippen LogP contribution in [-0.2, 0) is 19.1 Å². The van der Waals surface area contributed by atoms with Gasteiger partial charge in [-0.2, -0.15) is 0 Å². The summed E-state index contributed by atoms with van der Waals surface area (Å²) < 4.78 is 9.75. The maximum Gasteiger partial charge on any atom is 0.339 e. The lowest BCUT2D eigenvalue weighted by molar-refractivity contribution is -0.150. The summed E-state index contributed by atoms with van der Waals surface area (Å²) in [5.74, 6) is -2.63. The molecule has 0 spiro atoms. The number of rotatable bonds is 8. The van der Waals surface area contributed by atoms with Crippen molar-refractivity contribution in [2.24, 2.45) is 5.92 Å². The molecule has 8 heteroatoms. The zero-order valence-corrected chi connectivity index (χ0v) is 17.0. The summed E-state index contributed by atoms with van der Waals surface area (Å²) in [6.45, 7) is 2.94. The second-order valence-electron chi connectivity index (χ2n) is 6.75. The van der Waals surface area contributed by atoms with Crippen molar-refractivity contribution in [3.05, 3.63) is 65.7 Å². The first-order chi connectivity index (χ1) is 14.3. The molecule has 0 heterocycles. The van der Waals surface area contributed by atoms with Crippen LogP contribution in [0, 0.1) is 5.92 Å². The van der Waals surface area contributed by atoms with Gasteiger partial charge >= 0.3 is 11.9 Å². The number of esters is 2. The van der Waals surface area contributed by atoms with E-state index >= 15 is 0 Å². The first-order valence-corrected chi connectivity index (χ1v) is 9.33. The molecule has 0 aliphatic rings. The first kappa shape index (κ1) is 22.6. The highest BCUT2D eigenvalue weighted by atomic mass is 16.5. The molecule has 0 saturated carbocycles. The standard InChI is InChI=1S/C22H24N2O6/c1-14(2)19(24-20(26)15-9-5-4-6-10-15)22(28)30-13-18(25)23-17-12-8-7-11-16(17)21(27)29-3/h4-12,14,19H,13H2,1-3H3,(H,23,25)(H,24,26). The Labute approximate surface area is 174 Å². The van der Waals surface area contributed by atoms with Crippen molar-refractivity contribution in [2.75, 3.05) is 19.0 Å². The van der Waals surface area contributed by atoms with Crippen molar-refractivity contribution in [3.8, 4) is 0 Å². The van der Waals surface area contributed by atoms with Crippen LogP contribution < -0.4 is 10.6 Å². The molecular weight excluding hydrogens is 388 g/mol. The maximum atomic E-state index is 12.4. The smallest absolute Gasteiger partial charge is 0.339 e. The molecular formula is C22H24N2O6. The largest absolute Gasteiger partial charge is 0.465 e. The average Bonchev–Trinajstić information content (AvgIpc) is 2.75. The second kappa shape index (κ2) is 10.8. The number of benzene rings is 2. The molecule has 0 fully saturated rings. The lowest BCUT2D eigenvalue weighted by Crippen LogP contribution is -2.45. The summed E-state index contributed by atoms with van der Waals surface area (Å²) in [4.78, 5) is 48.7. The molecule has 158 valence electrons. The average molecular weight is 412 g/mol. The van der Waals surface area contributed by atoms with Gasteiger partial charge in [-0.05, 0) is 30.2 Å². The van der Waals surface area contributed by atoms with E-state index in [0.29, 0.717) is 5.56 Å². The molecule has 1 unspecified atom stereocenters. The minimum Gasteiger partial charge on any atom is -0.465 e. The van der Waals surface area contributed by atoms with Gasteiger partial charge < -0.3 is 20.1 Å². The third kappa shape index (κ3) is 6.16. The van der Waals surface area contributed by atoms with Crippen LogP contribution in [0.25, 0.3) is 0 Å². The van der Waals surface area contributed by atoms with Crippen molar-refractivity contribution in [2.45, 2.75) is 19.9 Å². The maximum absolute atomic E-state index is 12.4. The number of methoxy groups -OCH3 is 1. The molecule has 2 N–H and O–H groups in total. The number of ether oxygens (including phenoxy) is 2. The molecule has 0 aliphatic heterocycles. The SMILES string of the molecule is COC(=O)c1ccccc1NC(=O)COC(=O)C(NC(=O)c1ccccc1)C(C)C. The summed E-state index contributed by atoms with van der Waals surface area (Å²) in [5.41, 5.74) is 0.825. The van der Waals surface area contributed by atoms with Crippen LogP contribution in [0.5, 0.6) is 0 Å². The Morgan fingerprint density at radius 2 is 1.57 bits per heavy atom. The highest BCUT2D eigenvalue weighted by Crippen LogP contribution is 2.16. The predicted molar refractivity (Wildman–Crippen MR) is 110 cm³/mol. The van der Waals surface area contributed by atoms with E-state index in [4.69, 9.17) is 4.74 Å². The Balaban J connectivity index is 1.96.